The molecule has 224 valence electrons. The predicted octanol–water partition coefficient (Wildman–Crippen LogP) is 5.35. The SMILES string of the molecule is CC(C)NCCOCCOCCC(C)(OCCOCCOCCO)SSC(C)(C)C.CC/C=C/C[NH-].[W]. The number of rotatable bonds is 23. The van der Waals surface area contributed by atoms with Crippen LogP contribution in [-0.2, 0) is 44.7 Å². The summed E-state index contributed by atoms with van der Waals surface area (Å²) in [5.74, 6) is 0. The van der Waals surface area contributed by atoms with Crippen LogP contribution in [0.5, 0.6) is 0 Å². The molecule has 0 bridgehead atoms. The number of aliphatic hydroxyl groups excluding tert-OH is 1. The summed E-state index contributed by atoms with van der Waals surface area (Å²) in [6.45, 7) is 21.2. The molecular formula is C26H55N2O6S2W-. The molecule has 0 saturated heterocycles. The topological polar surface area (TPSA) is 102 Å². The molecule has 11 heteroatoms. The van der Waals surface area contributed by atoms with E-state index in [-0.39, 0.29) is 37.4 Å². The zero-order valence-electron chi connectivity index (χ0n) is 24.3. The normalized spacial score (nSPS) is 13.4. The molecule has 0 rings (SSSR count). The van der Waals surface area contributed by atoms with Crippen LogP contribution in [0.1, 0.15) is 61.3 Å². The van der Waals surface area contributed by atoms with Gasteiger partial charge in [0.2, 0.25) is 0 Å². The molecule has 1 unspecified atom stereocenters. The van der Waals surface area contributed by atoms with E-state index in [1.807, 2.05) is 22.9 Å². The maximum absolute atomic E-state index is 8.67. The van der Waals surface area contributed by atoms with Crippen molar-refractivity contribution in [3.05, 3.63) is 17.9 Å². The van der Waals surface area contributed by atoms with Crippen molar-refractivity contribution in [3.63, 3.8) is 0 Å². The standard InChI is InChI=1S/C21H45NO6S2.C5H10N.W/c1-19(2)22-8-11-25-14-13-24-10-7-21(6,30-29-20(3,4)5)28-18-17-27-16-15-26-12-9-23;1-2-3-4-5-6;/h19,22-23H,7-18H2,1-6H3;3-4,6H,2,5H2,1H3;/q;-1;/b;4-3+;. The summed E-state index contributed by atoms with van der Waals surface area (Å²) in [5, 5.41) is 12.0. The fourth-order valence-corrected chi connectivity index (χ4v) is 4.70. The van der Waals surface area contributed by atoms with Gasteiger partial charge in [0.05, 0.1) is 66.1 Å². The number of aliphatic hydroxyl groups is 1. The number of hydrogen-bond acceptors (Lipinski definition) is 9. The Morgan fingerprint density at radius 1 is 0.811 bits per heavy atom. The average molecular weight is 740 g/mol. The van der Waals surface area contributed by atoms with E-state index >= 15 is 0 Å². The molecule has 0 fully saturated rings. The van der Waals surface area contributed by atoms with Gasteiger partial charge in [0.25, 0.3) is 0 Å². The molecular weight excluding hydrogens is 684 g/mol. The second kappa shape index (κ2) is 29.8. The molecule has 0 aliphatic heterocycles. The van der Waals surface area contributed by atoms with Gasteiger partial charge in [0, 0.05) is 44.8 Å². The summed E-state index contributed by atoms with van der Waals surface area (Å²) < 4.78 is 28.3. The molecule has 1 atom stereocenters. The fraction of sp³-hybridized carbons (Fsp3) is 0.923. The van der Waals surface area contributed by atoms with Crippen molar-refractivity contribution < 1.29 is 49.9 Å². The molecule has 0 spiro atoms. The Morgan fingerprint density at radius 3 is 1.84 bits per heavy atom. The molecule has 0 aromatic heterocycles. The monoisotopic (exact) mass is 739 g/mol. The average Bonchev–Trinajstić information content (AvgIpc) is 2.82. The summed E-state index contributed by atoms with van der Waals surface area (Å²) in [6.07, 6.45) is 5.68. The van der Waals surface area contributed by atoms with Crippen molar-refractivity contribution in [2.75, 3.05) is 79.2 Å². The van der Waals surface area contributed by atoms with Gasteiger partial charge in [-0.15, -0.1) is 12.6 Å². The molecule has 0 amide bonds. The van der Waals surface area contributed by atoms with Crippen molar-refractivity contribution in [2.24, 2.45) is 0 Å². The van der Waals surface area contributed by atoms with Crippen LogP contribution in [0.25, 0.3) is 5.73 Å². The Hall–Kier alpha value is 0.808. The van der Waals surface area contributed by atoms with Gasteiger partial charge in [-0.1, -0.05) is 69.2 Å². The Labute approximate surface area is 249 Å². The van der Waals surface area contributed by atoms with Crippen molar-refractivity contribution in [1.29, 1.82) is 0 Å². The molecule has 0 aromatic carbocycles. The molecule has 0 aliphatic rings. The van der Waals surface area contributed by atoms with Gasteiger partial charge in [-0.3, -0.25) is 0 Å². The third kappa shape index (κ3) is 36.8. The summed E-state index contributed by atoms with van der Waals surface area (Å²) in [6, 6.07) is 0.482. The Balaban J connectivity index is -0.00000146. The molecule has 0 heterocycles. The first-order valence-electron chi connectivity index (χ1n) is 13.1. The summed E-state index contributed by atoms with van der Waals surface area (Å²) in [4.78, 5) is -0.350. The third-order valence-corrected chi connectivity index (χ3v) is 8.17. The van der Waals surface area contributed by atoms with Crippen molar-refractivity contribution >= 4 is 21.6 Å². The number of hydrogen-bond donors (Lipinski definition) is 2. The predicted molar refractivity (Wildman–Crippen MR) is 156 cm³/mol. The first-order valence-corrected chi connectivity index (χ1v) is 15.2. The molecule has 0 radical (unpaired) electrons. The van der Waals surface area contributed by atoms with Crippen LogP contribution in [0.4, 0.5) is 0 Å². The van der Waals surface area contributed by atoms with Gasteiger partial charge < -0.3 is 39.8 Å². The van der Waals surface area contributed by atoms with E-state index in [0.717, 1.165) is 19.4 Å². The van der Waals surface area contributed by atoms with Crippen molar-refractivity contribution in [3.8, 4) is 0 Å². The van der Waals surface area contributed by atoms with Gasteiger partial charge in [-0.25, -0.2) is 0 Å². The second-order valence-electron chi connectivity index (χ2n) is 9.38. The van der Waals surface area contributed by atoms with E-state index in [1.165, 1.54) is 0 Å². The first kappa shape index (κ1) is 42.3. The summed E-state index contributed by atoms with van der Waals surface area (Å²) >= 11 is 0. The smallest absolute Gasteiger partial charge is 0.123 e. The van der Waals surface area contributed by atoms with Gasteiger partial charge in [0.15, 0.2) is 0 Å². The van der Waals surface area contributed by atoms with Crippen LogP contribution in [0.3, 0.4) is 0 Å². The number of allylic oxidation sites excluding steroid dienone is 1. The molecule has 0 aliphatic carbocycles. The van der Waals surface area contributed by atoms with Crippen LogP contribution in [0.2, 0.25) is 0 Å². The molecule has 8 nitrogen and oxygen atoms in total. The maximum atomic E-state index is 8.67. The quantitative estimate of drug-likeness (QED) is 0.0622. The van der Waals surface area contributed by atoms with Crippen LogP contribution in [0, 0.1) is 0 Å². The van der Waals surface area contributed by atoms with Gasteiger partial charge in [-0.05, 0) is 13.3 Å². The van der Waals surface area contributed by atoms with Crippen LogP contribution in [0.15, 0.2) is 12.2 Å². The zero-order chi connectivity index (χ0) is 27.5. The third-order valence-electron chi connectivity index (χ3n) is 4.10. The van der Waals surface area contributed by atoms with E-state index in [0.29, 0.717) is 72.0 Å². The number of ether oxygens (including phenoxy) is 5. The first-order chi connectivity index (χ1) is 17.1. The van der Waals surface area contributed by atoms with Gasteiger partial charge >= 0.3 is 0 Å². The van der Waals surface area contributed by atoms with Crippen LogP contribution < -0.4 is 5.32 Å². The van der Waals surface area contributed by atoms with E-state index in [1.54, 1.807) is 10.8 Å². The van der Waals surface area contributed by atoms with E-state index in [2.05, 4.69) is 53.8 Å². The molecule has 3 N–H and O–H groups in total. The Kier molecular flexibility index (Phi) is 34.0. The summed E-state index contributed by atoms with van der Waals surface area (Å²) in [7, 11) is 3.57. The summed E-state index contributed by atoms with van der Waals surface area (Å²) in [5.41, 5.74) is 6.62. The minimum atomic E-state index is -0.350. The zero-order valence-corrected chi connectivity index (χ0v) is 28.9. The van der Waals surface area contributed by atoms with Gasteiger partial charge in [0.1, 0.15) is 4.93 Å². The maximum Gasteiger partial charge on any atom is 0.123 e. The molecule has 0 saturated carbocycles. The Morgan fingerprint density at radius 2 is 1.35 bits per heavy atom. The minimum Gasteiger partial charge on any atom is -0.674 e. The van der Waals surface area contributed by atoms with Crippen LogP contribution >= 0.6 is 21.6 Å². The largest absolute Gasteiger partial charge is 0.674 e. The Bertz CT molecular complexity index is 482. The molecule has 0 aromatic rings. The van der Waals surface area contributed by atoms with E-state index < -0.39 is 0 Å². The van der Waals surface area contributed by atoms with E-state index in [9.17, 15) is 0 Å². The number of nitrogens with one attached hydrogen (secondary N) is 2. The fourth-order valence-electron chi connectivity index (χ4n) is 2.30. The van der Waals surface area contributed by atoms with Crippen molar-refractivity contribution in [1.82, 2.24) is 5.32 Å². The van der Waals surface area contributed by atoms with Gasteiger partial charge in [-0.2, -0.15) is 0 Å². The minimum absolute atomic E-state index is 0. The second-order valence-corrected chi connectivity index (χ2v) is 12.8. The molecule has 37 heavy (non-hydrogen) atoms. The van der Waals surface area contributed by atoms with Crippen molar-refractivity contribution in [2.45, 2.75) is 77.0 Å². The van der Waals surface area contributed by atoms with E-state index in [4.69, 9.17) is 34.5 Å². The van der Waals surface area contributed by atoms with Crippen LogP contribution in [-0.4, -0.2) is 100.0 Å².